The Morgan fingerprint density at radius 2 is 2.43 bits per heavy atom. The summed E-state index contributed by atoms with van der Waals surface area (Å²) in [6, 6.07) is 2.33. The molecular weight excluding hydrogens is 176 g/mol. The maximum absolute atomic E-state index is 8.65. The van der Waals surface area contributed by atoms with Crippen LogP contribution in [0.15, 0.2) is 6.20 Å². The van der Waals surface area contributed by atoms with E-state index >= 15 is 0 Å². The number of aryl methyl sites for hydroxylation is 2. The molecule has 72 valence electrons. The van der Waals surface area contributed by atoms with Gasteiger partial charge < -0.3 is 0 Å². The van der Waals surface area contributed by atoms with E-state index in [0.29, 0.717) is 0 Å². The highest BCUT2D eigenvalue weighted by Crippen LogP contribution is 2.20. The van der Waals surface area contributed by atoms with Crippen molar-refractivity contribution in [2.75, 3.05) is 6.54 Å². The molecule has 2 unspecified atom stereocenters. The average molecular weight is 188 g/mol. The van der Waals surface area contributed by atoms with Gasteiger partial charge in [0.25, 0.3) is 0 Å². The van der Waals surface area contributed by atoms with Gasteiger partial charge in [0.05, 0.1) is 11.8 Å². The van der Waals surface area contributed by atoms with Gasteiger partial charge in [-0.15, -0.1) is 0 Å². The summed E-state index contributed by atoms with van der Waals surface area (Å²) in [5.41, 5.74) is 2.13. The third-order valence-corrected chi connectivity index (χ3v) is 2.41. The van der Waals surface area contributed by atoms with E-state index in [1.165, 1.54) is 0 Å². The van der Waals surface area contributed by atoms with Crippen molar-refractivity contribution >= 4 is 0 Å². The Morgan fingerprint density at radius 3 is 3.07 bits per heavy atom. The van der Waals surface area contributed by atoms with Gasteiger partial charge in [-0.3, -0.25) is 4.90 Å². The minimum Gasteiger partial charge on any atom is -0.278 e. The number of hydrogen-bond acceptors (Lipinski definition) is 4. The second-order valence-corrected chi connectivity index (χ2v) is 3.62. The van der Waals surface area contributed by atoms with Crippen molar-refractivity contribution in [2.45, 2.75) is 26.4 Å². The fourth-order valence-electron chi connectivity index (χ4n) is 1.40. The summed E-state index contributed by atoms with van der Waals surface area (Å²) < 4.78 is 0. The molecule has 1 aromatic heterocycles. The summed E-state index contributed by atoms with van der Waals surface area (Å²) >= 11 is 0. The highest BCUT2D eigenvalue weighted by atomic mass is 15.3. The number of aromatic nitrogens is 2. The van der Waals surface area contributed by atoms with Gasteiger partial charge in [0.15, 0.2) is 0 Å². The lowest BCUT2D eigenvalue weighted by molar-refractivity contribution is 0.518. The summed E-state index contributed by atoms with van der Waals surface area (Å²) in [5.74, 6) is 0.793. The highest BCUT2D eigenvalue weighted by Gasteiger charge is 2.34. The SMILES string of the molecule is Cc1ncc(C)c(CN2CC2C#N)n1. The molecule has 0 bridgehead atoms. The second kappa shape index (κ2) is 3.35. The fourth-order valence-corrected chi connectivity index (χ4v) is 1.40. The molecule has 1 aromatic rings. The van der Waals surface area contributed by atoms with E-state index in [-0.39, 0.29) is 6.04 Å². The quantitative estimate of drug-likeness (QED) is 0.644. The summed E-state index contributed by atoms with van der Waals surface area (Å²) in [6.07, 6.45) is 1.84. The molecule has 1 fully saturated rings. The van der Waals surface area contributed by atoms with Gasteiger partial charge in [0, 0.05) is 19.3 Å². The maximum atomic E-state index is 8.65. The molecular formula is C10H12N4. The van der Waals surface area contributed by atoms with Crippen molar-refractivity contribution in [2.24, 2.45) is 0 Å². The van der Waals surface area contributed by atoms with Crippen LogP contribution in [0, 0.1) is 25.2 Å². The van der Waals surface area contributed by atoms with Crippen molar-refractivity contribution in [3.05, 3.63) is 23.3 Å². The first-order valence-electron chi connectivity index (χ1n) is 4.63. The van der Waals surface area contributed by atoms with Gasteiger partial charge in [0.2, 0.25) is 0 Å². The highest BCUT2D eigenvalue weighted by molar-refractivity contribution is 5.18. The average Bonchev–Trinajstić information content (AvgIpc) is 2.90. The zero-order valence-electron chi connectivity index (χ0n) is 8.36. The van der Waals surface area contributed by atoms with E-state index in [2.05, 4.69) is 20.9 Å². The molecule has 0 amide bonds. The topological polar surface area (TPSA) is 52.6 Å². The van der Waals surface area contributed by atoms with Crippen LogP contribution in [0.4, 0.5) is 0 Å². The smallest absolute Gasteiger partial charge is 0.125 e. The Morgan fingerprint density at radius 1 is 1.64 bits per heavy atom. The summed E-state index contributed by atoms with van der Waals surface area (Å²) in [6.45, 7) is 5.53. The van der Waals surface area contributed by atoms with Gasteiger partial charge in [-0.2, -0.15) is 5.26 Å². The zero-order chi connectivity index (χ0) is 10.1. The Labute approximate surface area is 83.2 Å². The van der Waals surface area contributed by atoms with Crippen LogP contribution in [0.3, 0.4) is 0 Å². The molecule has 0 spiro atoms. The van der Waals surface area contributed by atoms with Crippen LogP contribution in [-0.2, 0) is 6.54 Å². The number of hydrogen-bond donors (Lipinski definition) is 0. The summed E-state index contributed by atoms with van der Waals surface area (Å²) in [5, 5.41) is 8.65. The lowest BCUT2D eigenvalue weighted by Crippen LogP contribution is -2.06. The molecule has 0 aromatic carbocycles. The van der Waals surface area contributed by atoms with Crippen LogP contribution in [-0.4, -0.2) is 27.5 Å². The van der Waals surface area contributed by atoms with E-state index in [9.17, 15) is 0 Å². The molecule has 2 atom stereocenters. The van der Waals surface area contributed by atoms with Crippen molar-refractivity contribution in [3.63, 3.8) is 0 Å². The van der Waals surface area contributed by atoms with Gasteiger partial charge in [-0.05, 0) is 19.4 Å². The predicted molar refractivity (Wildman–Crippen MR) is 51.3 cm³/mol. The Hall–Kier alpha value is -1.47. The Bertz CT molecular complexity index is 394. The molecule has 0 aliphatic carbocycles. The lowest BCUT2D eigenvalue weighted by atomic mass is 10.2. The van der Waals surface area contributed by atoms with Gasteiger partial charge >= 0.3 is 0 Å². The lowest BCUT2D eigenvalue weighted by Gasteiger charge is -2.05. The molecule has 4 heteroatoms. The van der Waals surface area contributed by atoms with Crippen molar-refractivity contribution in [1.29, 1.82) is 5.26 Å². The standard InChI is InChI=1S/C10H12N4/c1-7-4-12-8(2)13-10(7)6-14-5-9(14)3-11/h4,9H,5-6H2,1-2H3. The van der Waals surface area contributed by atoms with Crippen LogP contribution in [0.2, 0.25) is 0 Å². The van der Waals surface area contributed by atoms with E-state index in [1.54, 1.807) is 0 Å². The fraction of sp³-hybridized carbons (Fsp3) is 0.500. The van der Waals surface area contributed by atoms with Crippen LogP contribution >= 0.6 is 0 Å². The number of rotatable bonds is 2. The van der Waals surface area contributed by atoms with E-state index in [0.717, 1.165) is 30.2 Å². The molecule has 0 radical (unpaired) electrons. The van der Waals surface area contributed by atoms with E-state index in [4.69, 9.17) is 5.26 Å². The normalized spacial score (nSPS) is 24.4. The van der Waals surface area contributed by atoms with Gasteiger partial charge in [-0.25, -0.2) is 9.97 Å². The van der Waals surface area contributed by atoms with Gasteiger partial charge in [0.1, 0.15) is 11.9 Å². The van der Waals surface area contributed by atoms with Crippen molar-refractivity contribution in [1.82, 2.24) is 14.9 Å². The van der Waals surface area contributed by atoms with Crippen LogP contribution in [0.25, 0.3) is 0 Å². The van der Waals surface area contributed by atoms with E-state index < -0.39 is 0 Å². The molecule has 0 saturated carbocycles. The second-order valence-electron chi connectivity index (χ2n) is 3.62. The van der Waals surface area contributed by atoms with Gasteiger partial charge in [-0.1, -0.05) is 0 Å². The first-order chi connectivity index (χ1) is 6.70. The maximum Gasteiger partial charge on any atom is 0.125 e. The molecule has 1 aliphatic heterocycles. The largest absolute Gasteiger partial charge is 0.278 e. The summed E-state index contributed by atoms with van der Waals surface area (Å²) in [7, 11) is 0. The van der Waals surface area contributed by atoms with Crippen LogP contribution in [0.1, 0.15) is 17.1 Å². The molecule has 1 saturated heterocycles. The third kappa shape index (κ3) is 1.73. The number of nitriles is 1. The number of nitrogens with zero attached hydrogens (tertiary/aromatic N) is 4. The minimum absolute atomic E-state index is 0.102. The minimum atomic E-state index is 0.102. The molecule has 0 N–H and O–H groups in total. The van der Waals surface area contributed by atoms with E-state index in [1.807, 2.05) is 20.0 Å². The summed E-state index contributed by atoms with van der Waals surface area (Å²) in [4.78, 5) is 10.6. The Balaban J connectivity index is 2.10. The monoisotopic (exact) mass is 188 g/mol. The molecule has 14 heavy (non-hydrogen) atoms. The molecule has 2 rings (SSSR count). The van der Waals surface area contributed by atoms with Crippen molar-refractivity contribution in [3.8, 4) is 6.07 Å². The van der Waals surface area contributed by atoms with Crippen molar-refractivity contribution < 1.29 is 0 Å². The first kappa shape index (κ1) is 9.10. The molecule has 1 aliphatic rings. The third-order valence-electron chi connectivity index (χ3n) is 2.41. The molecule has 4 nitrogen and oxygen atoms in total. The van der Waals surface area contributed by atoms with Crippen LogP contribution < -0.4 is 0 Å². The Kier molecular flexibility index (Phi) is 2.18. The van der Waals surface area contributed by atoms with Crippen LogP contribution in [0.5, 0.6) is 0 Å². The predicted octanol–water partition coefficient (Wildman–Crippen LogP) is 0.801. The zero-order valence-corrected chi connectivity index (χ0v) is 8.36. The molecule has 2 heterocycles. The first-order valence-corrected chi connectivity index (χ1v) is 4.63.